The SMILES string of the molecule is CCCC(=O)NCc1ncco1. The molecule has 0 spiro atoms. The number of hydrogen-bond donors (Lipinski definition) is 1. The number of carbonyl (C=O) groups is 1. The Morgan fingerprint density at radius 1 is 1.75 bits per heavy atom. The van der Waals surface area contributed by atoms with Crippen LogP contribution in [0.2, 0.25) is 0 Å². The van der Waals surface area contributed by atoms with Gasteiger partial charge in [0, 0.05) is 6.42 Å². The molecular weight excluding hydrogens is 156 g/mol. The predicted octanol–water partition coefficient (Wildman–Crippen LogP) is 1.09. The summed E-state index contributed by atoms with van der Waals surface area (Å²) < 4.78 is 4.94. The predicted molar refractivity (Wildman–Crippen MR) is 43.3 cm³/mol. The van der Waals surface area contributed by atoms with Crippen LogP contribution in [0.15, 0.2) is 16.9 Å². The fourth-order valence-electron chi connectivity index (χ4n) is 0.830. The molecule has 1 heterocycles. The first-order chi connectivity index (χ1) is 5.83. The molecule has 0 saturated heterocycles. The van der Waals surface area contributed by atoms with Crippen LogP contribution >= 0.6 is 0 Å². The number of aromatic nitrogens is 1. The van der Waals surface area contributed by atoms with E-state index in [1.807, 2.05) is 6.92 Å². The first-order valence-corrected chi connectivity index (χ1v) is 3.98. The normalized spacial score (nSPS) is 9.75. The highest BCUT2D eigenvalue weighted by Gasteiger charge is 2.00. The van der Waals surface area contributed by atoms with Crippen LogP contribution in [0.4, 0.5) is 0 Å². The van der Waals surface area contributed by atoms with Crippen LogP contribution in [0.5, 0.6) is 0 Å². The minimum absolute atomic E-state index is 0.0377. The Hall–Kier alpha value is -1.32. The van der Waals surface area contributed by atoms with E-state index in [0.29, 0.717) is 18.9 Å². The van der Waals surface area contributed by atoms with E-state index in [0.717, 1.165) is 6.42 Å². The van der Waals surface area contributed by atoms with Gasteiger partial charge in [-0.15, -0.1) is 0 Å². The summed E-state index contributed by atoms with van der Waals surface area (Å²) >= 11 is 0. The smallest absolute Gasteiger partial charge is 0.220 e. The second kappa shape index (κ2) is 4.54. The van der Waals surface area contributed by atoms with Crippen molar-refractivity contribution in [3.8, 4) is 0 Å². The molecule has 0 atom stereocenters. The lowest BCUT2D eigenvalue weighted by atomic mass is 10.3. The van der Waals surface area contributed by atoms with Gasteiger partial charge >= 0.3 is 0 Å². The topological polar surface area (TPSA) is 55.1 Å². The first-order valence-electron chi connectivity index (χ1n) is 3.98. The summed E-state index contributed by atoms with van der Waals surface area (Å²) in [6.45, 7) is 2.34. The molecule has 1 amide bonds. The molecule has 0 radical (unpaired) electrons. The van der Waals surface area contributed by atoms with Crippen LogP contribution in [0.25, 0.3) is 0 Å². The van der Waals surface area contributed by atoms with E-state index in [1.165, 1.54) is 6.26 Å². The summed E-state index contributed by atoms with van der Waals surface area (Å²) in [7, 11) is 0. The van der Waals surface area contributed by atoms with Crippen molar-refractivity contribution in [2.24, 2.45) is 0 Å². The summed E-state index contributed by atoms with van der Waals surface area (Å²) in [6, 6.07) is 0. The Morgan fingerprint density at radius 3 is 3.17 bits per heavy atom. The molecule has 66 valence electrons. The zero-order valence-electron chi connectivity index (χ0n) is 7.04. The fraction of sp³-hybridized carbons (Fsp3) is 0.500. The molecule has 12 heavy (non-hydrogen) atoms. The maximum atomic E-state index is 11.0. The highest BCUT2D eigenvalue weighted by molar-refractivity contribution is 5.75. The molecular formula is C8H12N2O2. The number of oxazole rings is 1. The summed E-state index contributed by atoms with van der Waals surface area (Å²) in [6.07, 6.45) is 4.46. The quantitative estimate of drug-likeness (QED) is 0.732. The van der Waals surface area contributed by atoms with Gasteiger partial charge in [0.2, 0.25) is 11.8 Å². The monoisotopic (exact) mass is 168 g/mol. The molecule has 0 saturated carbocycles. The molecule has 0 unspecified atom stereocenters. The van der Waals surface area contributed by atoms with E-state index in [2.05, 4.69) is 10.3 Å². The third-order valence-corrected chi connectivity index (χ3v) is 1.40. The lowest BCUT2D eigenvalue weighted by Crippen LogP contribution is -2.22. The molecule has 0 bridgehead atoms. The van der Waals surface area contributed by atoms with Gasteiger partial charge in [-0.2, -0.15) is 0 Å². The third kappa shape index (κ3) is 2.74. The maximum absolute atomic E-state index is 11.0. The van der Waals surface area contributed by atoms with Gasteiger partial charge in [0.1, 0.15) is 6.26 Å². The van der Waals surface area contributed by atoms with Crippen LogP contribution in [0, 0.1) is 0 Å². The van der Waals surface area contributed by atoms with Gasteiger partial charge in [-0.1, -0.05) is 6.92 Å². The van der Waals surface area contributed by atoms with E-state index < -0.39 is 0 Å². The lowest BCUT2D eigenvalue weighted by Gasteiger charge is -1.99. The minimum atomic E-state index is 0.0377. The molecule has 1 rings (SSSR count). The second-order valence-electron chi connectivity index (χ2n) is 2.45. The van der Waals surface area contributed by atoms with Crippen LogP contribution < -0.4 is 5.32 Å². The van der Waals surface area contributed by atoms with Crippen molar-refractivity contribution < 1.29 is 9.21 Å². The van der Waals surface area contributed by atoms with Crippen molar-refractivity contribution in [2.45, 2.75) is 26.3 Å². The Labute approximate surface area is 71.0 Å². The Morgan fingerprint density at radius 2 is 2.58 bits per heavy atom. The molecule has 0 aliphatic carbocycles. The molecule has 0 fully saturated rings. The van der Waals surface area contributed by atoms with Gasteiger partial charge in [-0.25, -0.2) is 4.98 Å². The van der Waals surface area contributed by atoms with Crippen molar-refractivity contribution in [3.05, 3.63) is 18.4 Å². The lowest BCUT2D eigenvalue weighted by molar-refractivity contribution is -0.121. The number of nitrogens with one attached hydrogen (secondary N) is 1. The molecule has 0 aliphatic rings. The van der Waals surface area contributed by atoms with E-state index in [-0.39, 0.29) is 5.91 Å². The van der Waals surface area contributed by atoms with E-state index in [9.17, 15) is 4.79 Å². The van der Waals surface area contributed by atoms with Crippen LogP contribution in [-0.2, 0) is 11.3 Å². The zero-order chi connectivity index (χ0) is 8.81. The number of nitrogens with zero attached hydrogens (tertiary/aromatic N) is 1. The van der Waals surface area contributed by atoms with Crippen molar-refractivity contribution in [3.63, 3.8) is 0 Å². The third-order valence-electron chi connectivity index (χ3n) is 1.40. The highest BCUT2D eigenvalue weighted by Crippen LogP contribution is 1.93. The Bertz CT molecular complexity index is 231. The summed E-state index contributed by atoms with van der Waals surface area (Å²) in [4.78, 5) is 14.8. The largest absolute Gasteiger partial charge is 0.447 e. The van der Waals surface area contributed by atoms with Crippen molar-refractivity contribution >= 4 is 5.91 Å². The van der Waals surface area contributed by atoms with Crippen molar-refractivity contribution in [1.82, 2.24) is 10.3 Å². The highest BCUT2D eigenvalue weighted by atomic mass is 16.3. The molecule has 0 aliphatic heterocycles. The fourth-order valence-corrected chi connectivity index (χ4v) is 0.830. The van der Waals surface area contributed by atoms with Gasteiger partial charge in [-0.05, 0) is 6.42 Å². The zero-order valence-corrected chi connectivity index (χ0v) is 7.04. The molecule has 1 aromatic heterocycles. The van der Waals surface area contributed by atoms with Crippen LogP contribution in [-0.4, -0.2) is 10.9 Å². The number of carbonyl (C=O) groups excluding carboxylic acids is 1. The van der Waals surface area contributed by atoms with Crippen LogP contribution in [0.3, 0.4) is 0 Å². The van der Waals surface area contributed by atoms with E-state index >= 15 is 0 Å². The first kappa shape index (κ1) is 8.77. The van der Waals surface area contributed by atoms with Gasteiger partial charge in [0.15, 0.2) is 0 Å². The average Bonchev–Trinajstić information content (AvgIpc) is 2.53. The van der Waals surface area contributed by atoms with Crippen molar-refractivity contribution in [1.29, 1.82) is 0 Å². The molecule has 4 nitrogen and oxygen atoms in total. The summed E-state index contributed by atoms with van der Waals surface area (Å²) in [5.41, 5.74) is 0. The van der Waals surface area contributed by atoms with Gasteiger partial charge in [0.05, 0.1) is 12.7 Å². The number of amides is 1. The average molecular weight is 168 g/mol. The molecule has 1 aromatic rings. The second-order valence-corrected chi connectivity index (χ2v) is 2.45. The molecule has 4 heteroatoms. The standard InChI is InChI=1S/C8H12N2O2/c1-2-3-7(11)10-6-8-9-4-5-12-8/h4-5H,2-3,6H2,1H3,(H,10,11). The Balaban J connectivity index is 2.22. The molecule has 0 aromatic carbocycles. The van der Waals surface area contributed by atoms with Gasteiger partial charge in [0.25, 0.3) is 0 Å². The van der Waals surface area contributed by atoms with Gasteiger partial charge in [-0.3, -0.25) is 4.79 Å². The van der Waals surface area contributed by atoms with Crippen LogP contribution in [0.1, 0.15) is 25.7 Å². The number of rotatable bonds is 4. The Kier molecular flexibility index (Phi) is 3.32. The molecule has 1 N–H and O–H groups in total. The van der Waals surface area contributed by atoms with E-state index in [4.69, 9.17) is 4.42 Å². The minimum Gasteiger partial charge on any atom is -0.447 e. The summed E-state index contributed by atoms with van der Waals surface area (Å²) in [5, 5.41) is 2.69. The maximum Gasteiger partial charge on any atom is 0.220 e. The van der Waals surface area contributed by atoms with E-state index in [1.54, 1.807) is 6.20 Å². The van der Waals surface area contributed by atoms with Crippen molar-refractivity contribution in [2.75, 3.05) is 0 Å². The number of hydrogen-bond acceptors (Lipinski definition) is 3. The van der Waals surface area contributed by atoms with Gasteiger partial charge < -0.3 is 9.73 Å². The summed E-state index contributed by atoms with van der Waals surface area (Å²) in [5.74, 6) is 0.579.